The molecular formula is C39H58N6O6. The number of ether oxygens (including phenoxy) is 1. The zero-order valence-corrected chi connectivity index (χ0v) is 31.1. The van der Waals surface area contributed by atoms with Gasteiger partial charge in [-0.1, -0.05) is 96.5 Å². The van der Waals surface area contributed by atoms with Gasteiger partial charge in [0.2, 0.25) is 17.7 Å². The Hall–Kier alpha value is -4.45. The summed E-state index contributed by atoms with van der Waals surface area (Å²) in [6, 6.07) is 13.8. The molecule has 7 N–H and O–H groups in total. The number of nitrogens with one attached hydrogen (secondary N) is 5. The number of rotatable bonds is 19. The zero-order valence-electron chi connectivity index (χ0n) is 31.1. The Bertz CT molecular complexity index is 1430. The minimum absolute atomic E-state index is 0.00702. The Morgan fingerprint density at radius 1 is 0.667 bits per heavy atom. The van der Waals surface area contributed by atoms with Gasteiger partial charge in [-0.25, -0.2) is 4.79 Å². The Balaban J connectivity index is 1.36. The van der Waals surface area contributed by atoms with Crippen LogP contribution in [0.25, 0.3) is 11.1 Å². The minimum Gasteiger partial charge on any atom is -0.449 e. The highest BCUT2D eigenvalue weighted by Crippen LogP contribution is 2.44. The molecule has 12 heteroatoms. The second kappa shape index (κ2) is 20.4. The van der Waals surface area contributed by atoms with Gasteiger partial charge in [-0.2, -0.15) is 0 Å². The number of carbonyl (C=O) groups is 5. The number of unbranched alkanes of at least 4 members (excludes halogenated alkanes) is 2. The maximum atomic E-state index is 13.3. The van der Waals surface area contributed by atoms with Crippen LogP contribution in [-0.2, 0) is 23.9 Å². The minimum atomic E-state index is -0.919. The van der Waals surface area contributed by atoms with Crippen LogP contribution in [0.5, 0.6) is 0 Å². The van der Waals surface area contributed by atoms with E-state index in [9.17, 15) is 24.0 Å². The Morgan fingerprint density at radius 3 is 1.76 bits per heavy atom. The lowest BCUT2D eigenvalue weighted by molar-refractivity contribution is -0.134. The second-order valence-corrected chi connectivity index (χ2v) is 14.7. The smallest absolute Gasteiger partial charge is 0.407 e. The summed E-state index contributed by atoms with van der Waals surface area (Å²) in [5.74, 6) is -1.43. The summed E-state index contributed by atoms with van der Waals surface area (Å²) in [6.45, 7) is 12.3. The third kappa shape index (κ3) is 13.3. The highest BCUT2D eigenvalue weighted by atomic mass is 16.5. The van der Waals surface area contributed by atoms with Crippen molar-refractivity contribution < 1.29 is 28.7 Å². The van der Waals surface area contributed by atoms with Crippen LogP contribution < -0.4 is 32.5 Å². The van der Waals surface area contributed by atoms with Crippen molar-refractivity contribution >= 4 is 29.7 Å². The molecule has 0 spiro atoms. The van der Waals surface area contributed by atoms with Gasteiger partial charge in [0.15, 0.2) is 0 Å². The summed E-state index contributed by atoms with van der Waals surface area (Å²) in [5, 5.41) is 8.32. The molecule has 0 saturated heterocycles. The molecule has 280 valence electrons. The van der Waals surface area contributed by atoms with Gasteiger partial charge < -0.3 is 26.4 Å². The van der Waals surface area contributed by atoms with Crippen molar-refractivity contribution in [1.29, 1.82) is 0 Å². The molecule has 1 aliphatic carbocycles. The van der Waals surface area contributed by atoms with Crippen LogP contribution in [0, 0.1) is 17.8 Å². The van der Waals surface area contributed by atoms with E-state index in [-0.39, 0.29) is 42.6 Å². The van der Waals surface area contributed by atoms with Crippen molar-refractivity contribution in [3.8, 4) is 11.1 Å². The summed E-state index contributed by atoms with van der Waals surface area (Å²) < 4.78 is 5.57. The number of fused-ring (bicyclic) bond motifs is 3. The molecule has 0 unspecified atom stereocenters. The van der Waals surface area contributed by atoms with Crippen molar-refractivity contribution in [2.45, 2.75) is 111 Å². The summed E-state index contributed by atoms with van der Waals surface area (Å²) in [7, 11) is 0. The number of carbonyl (C=O) groups excluding carboxylic acids is 5. The van der Waals surface area contributed by atoms with Crippen LogP contribution >= 0.6 is 0 Å². The molecule has 51 heavy (non-hydrogen) atoms. The van der Waals surface area contributed by atoms with E-state index in [0.717, 1.165) is 11.1 Å². The molecule has 0 heterocycles. The fourth-order valence-electron chi connectivity index (χ4n) is 6.28. The molecule has 0 fully saturated rings. The van der Waals surface area contributed by atoms with Crippen molar-refractivity contribution in [2.75, 3.05) is 13.2 Å². The molecule has 0 aliphatic heterocycles. The van der Waals surface area contributed by atoms with Gasteiger partial charge >= 0.3 is 6.09 Å². The van der Waals surface area contributed by atoms with Crippen molar-refractivity contribution in [3.05, 3.63) is 59.7 Å². The van der Waals surface area contributed by atoms with Crippen LogP contribution in [0.3, 0.4) is 0 Å². The maximum Gasteiger partial charge on any atom is 0.407 e. The first-order chi connectivity index (χ1) is 24.3. The number of hydrazine groups is 1. The van der Waals surface area contributed by atoms with E-state index < -0.39 is 41.9 Å². The first-order valence-corrected chi connectivity index (χ1v) is 18.3. The van der Waals surface area contributed by atoms with Crippen molar-refractivity contribution in [2.24, 2.45) is 23.5 Å². The van der Waals surface area contributed by atoms with Crippen LogP contribution in [0.15, 0.2) is 48.5 Å². The summed E-state index contributed by atoms with van der Waals surface area (Å²) >= 11 is 0. The van der Waals surface area contributed by atoms with Crippen LogP contribution in [0.2, 0.25) is 0 Å². The lowest BCUT2D eigenvalue weighted by atomic mass is 9.98. The predicted octanol–water partition coefficient (Wildman–Crippen LogP) is 4.67. The number of benzene rings is 2. The third-order valence-corrected chi connectivity index (χ3v) is 8.76. The third-order valence-electron chi connectivity index (χ3n) is 8.76. The topological polar surface area (TPSA) is 181 Å². The Kier molecular flexibility index (Phi) is 16.4. The molecule has 0 radical (unpaired) electrons. The van der Waals surface area contributed by atoms with E-state index in [0.29, 0.717) is 45.1 Å². The van der Waals surface area contributed by atoms with Crippen LogP contribution in [-0.4, -0.2) is 61.0 Å². The molecule has 2 aromatic rings. The SMILES string of the molecule is CC(C)C[C@H](N)C(=O)N[C@H](CC(C)C)C(=O)N[C@H](CC(C)C)C(=O)NNC(=O)CCCCCNC(=O)OCC1c2ccccc2-c2ccccc21. The van der Waals surface area contributed by atoms with Crippen molar-refractivity contribution in [3.63, 3.8) is 0 Å². The van der Waals surface area contributed by atoms with Gasteiger partial charge in [0.05, 0.1) is 6.04 Å². The van der Waals surface area contributed by atoms with Gasteiger partial charge in [0.25, 0.3) is 5.91 Å². The summed E-state index contributed by atoms with van der Waals surface area (Å²) in [5.41, 5.74) is 15.6. The number of alkyl carbamates (subject to hydrolysis) is 1. The van der Waals surface area contributed by atoms with Crippen molar-refractivity contribution in [1.82, 2.24) is 26.8 Å². The molecule has 1 aliphatic rings. The fraction of sp³-hybridized carbons (Fsp3) is 0.564. The number of amides is 5. The highest BCUT2D eigenvalue weighted by Gasteiger charge is 2.30. The molecular weight excluding hydrogens is 648 g/mol. The average molecular weight is 707 g/mol. The van der Waals surface area contributed by atoms with Gasteiger partial charge in [0.1, 0.15) is 18.7 Å². The first kappa shape index (κ1) is 41.0. The lowest BCUT2D eigenvalue weighted by Crippen LogP contribution is -2.57. The highest BCUT2D eigenvalue weighted by molar-refractivity contribution is 5.93. The molecule has 3 atom stereocenters. The van der Waals surface area contributed by atoms with E-state index >= 15 is 0 Å². The average Bonchev–Trinajstić information content (AvgIpc) is 3.39. The van der Waals surface area contributed by atoms with E-state index in [1.54, 1.807) is 0 Å². The van der Waals surface area contributed by atoms with Gasteiger partial charge in [-0.15, -0.1) is 0 Å². The Morgan fingerprint density at radius 2 is 1.20 bits per heavy atom. The second-order valence-electron chi connectivity index (χ2n) is 14.7. The zero-order chi connectivity index (χ0) is 37.5. The first-order valence-electron chi connectivity index (χ1n) is 18.3. The largest absolute Gasteiger partial charge is 0.449 e. The van der Waals surface area contributed by atoms with Gasteiger partial charge in [0, 0.05) is 18.9 Å². The standard InChI is InChI=1S/C39H58N6O6/c1-24(2)20-32(40)36(47)42-33(21-25(3)4)37(48)43-34(22-26(5)6)38(49)45-44-35(46)18-8-7-13-19-41-39(50)51-23-31-29-16-11-9-14-27(29)28-15-10-12-17-30(28)31/h9-12,14-17,24-26,31-34H,7-8,13,18-23,40H2,1-6H3,(H,41,50)(H,42,47)(H,43,48)(H,44,46)(H,45,49)/t32-,33+,34+/m0/s1. The van der Waals surface area contributed by atoms with Gasteiger partial charge in [-0.05, 0) is 72.1 Å². The fourth-order valence-corrected chi connectivity index (χ4v) is 6.28. The molecule has 0 aromatic heterocycles. The quantitative estimate of drug-likeness (QED) is 0.0907. The van der Waals surface area contributed by atoms with E-state index in [4.69, 9.17) is 10.5 Å². The monoisotopic (exact) mass is 706 g/mol. The van der Waals surface area contributed by atoms with E-state index in [1.807, 2.05) is 65.8 Å². The molecule has 0 bridgehead atoms. The number of nitrogens with two attached hydrogens (primary N) is 1. The summed E-state index contributed by atoms with van der Waals surface area (Å²) in [4.78, 5) is 63.9. The predicted molar refractivity (Wildman–Crippen MR) is 198 cm³/mol. The lowest BCUT2D eigenvalue weighted by Gasteiger charge is -2.26. The molecule has 5 amide bonds. The molecule has 0 saturated carbocycles. The van der Waals surface area contributed by atoms with E-state index in [2.05, 4.69) is 51.1 Å². The van der Waals surface area contributed by atoms with Gasteiger partial charge in [-0.3, -0.25) is 30.0 Å². The maximum absolute atomic E-state index is 13.3. The van der Waals surface area contributed by atoms with Crippen LogP contribution in [0.1, 0.15) is 104 Å². The normalized spacial score (nSPS) is 13.9. The molecule has 2 aromatic carbocycles. The van der Waals surface area contributed by atoms with E-state index in [1.165, 1.54) is 11.1 Å². The van der Waals surface area contributed by atoms with Crippen LogP contribution in [0.4, 0.5) is 4.79 Å². The number of hydrogen-bond donors (Lipinski definition) is 6. The number of hydrogen-bond acceptors (Lipinski definition) is 7. The molecule has 12 nitrogen and oxygen atoms in total. The molecule has 3 rings (SSSR count). The summed E-state index contributed by atoms with van der Waals surface area (Å²) in [6.07, 6.45) is 2.77. The Labute approximate surface area is 302 Å².